The molecule has 1 aromatic rings. The van der Waals surface area contributed by atoms with Crippen LogP contribution in [-0.4, -0.2) is 70.6 Å². The quantitative estimate of drug-likeness (QED) is 0.370. The summed E-state index contributed by atoms with van der Waals surface area (Å²) in [6.07, 6.45) is 3.92. The fraction of sp³-hybridized carbons (Fsp3) is 0.500. The van der Waals surface area contributed by atoms with Gasteiger partial charge in [-0.05, 0) is 36.5 Å². The highest BCUT2D eigenvalue weighted by Gasteiger charge is 2.49. The highest BCUT2D eigenvalue weighted by atomic mass is 16.6. The van der Waals surface area contributed by atoms with Crippen LogP contribution in [0.5, 0.6) is 0 Å². The van der Waals surface area contributed by atoms with Crippen LogP contribution < -0.4 is 0 Å². The average molecular weight is 430 g/mol. The lowest BCUT2D eigenvalue weighted by atomic mass is 9.85. The molecule has 2 heterocycles. The first-order valence-corrected chi connectivity index (χ1v) is 10.7. The van der Waals surface area contributed by atoms with Crippen LogP contribution in [0, 0.1) is 5.92 Å². The lowest BCUT2D eigenvalue weighted by Gasteiger charge is -2.34. The van der Waals surface area contributed by atoms with E-state index >= 15 is 0 Å². The van der Waals surface area contributed by atoms with Gasteiger partial charge in [-0.15, -0.1) is 0 Å². The number of esters is 2. The van der Waals surface area contributed by atoms with E-state index in [0.717, 1.165) is 17.7 Å². The number of aliphatic hydroxyl groups excluding tert-OH is 1. The van der Waals surface area contributed by atoms with Crippen LogP contribution in [0.15, 0.2) is 48.1 Å². The molecule has 7 nitrogen and oxygen atoms in total. The molecule has 2 aliphatic heterocycles. The molecule has 2 aliphatic rings. The Kier molecular flexibility index (Phi) is 7.30. The number of ether oxygens (including phenoxy) is 2. The molecule has 3 rings (SSSR count). The van der Waals surface area contributed by atoms with Crippen molar-refractivity contribution in [3.63, 3.8) is 0 Å². The number of fused-ring (bicyclic) bond motifs is 1. The molecule has 1 aromatic carbocycles. The number of aliphatic hydroxyl groups is 2. The van der Waals surface area contributed by atoms with Gasteiger partial charge in [-0.2, -0.15) is 0 Å². The fourth-order valence-electron chi connectivity index (χ4n) is 4.19. The molecule has 0 bridgehead atoms. The van der Waals surface area contributed by atoms with Crippen molar-refractivity contribution in [1.82, 2.24) is 4.90 Å². The van der Waals surface area contributed by atoms with Gasteiger partial charge >= 0.3 is 11.9 Å². The first-order chi connectivity index (χ1) is 14.7. The van der Waals surface area contributed by atoms with Crippen LogP contribution in [0.1, 0.15) is 32.8 Å². The van der Waals surface area contributed by atoms with E-state index in [2.05, 4.69) is 4.90 Å². The standard InChI is InChI=1S/C24H31NO6/c1-16(2)24(29,17(3)31-21(27)10-9-18-7-5-4-6-8-18)23(28)30-15-19-11-13-25-14-12-20(26)22(19)25/h4-11,16-17,20,22,26,29H,12-15H2,1-3H3/b10-9+/t17-,20+,22+,24+/m0/s1. The summed E-state index contributed by atoms with van der Waals surface area (Å²) in [5.74, 6) is -2.06. The van der Waals surface area contributed by atoms with Gasteiger partial charge < -0.3 is 19.7 Å². The number of benzene rings is 1. The second kappa shape index (κ2) is 9.77. The summed E-state index contributed by atoms with van der Waals surface area (Å²) in [4.78, 5) is 27.2. The molecule has 0 aliphatic carbocycles. The van der Waals surface area contributed by atoms with E-state index in [-0.39, 0.29) is 12.6 Å². The Morgan fingerprint density at radius 1 is 1.26 bits per heavy atom. The lowest BCUT2D eigenvalue weighted by molar-refractivity contribution is -0.191. The van der Waals surface area contributed by atoms with Gasteiger partial charge in [0.2, 0.25) is 5.60 Å². The Morgan fingerprint density at radius 3 is 2.65 bits per heavy atom. The van der Waals surface area contributed by atoms with Gasteiger partial charge in [0.05, 0.1) is 12.1 Å². The van der Waals surface area contributed by atoms with E-state index in [1.165, 1.54) is 13.0 Å². The maximum absolute atomic E-state index is 12.9. The molecule has 0 saturated carbocycles. The zero-order valence-electron chi connectivity index (χ0n) is 18.2. The minimum atomic E-state index is -2.00. The van der Waals surface area contributed by atoms with E-state index < -0.39 is 35.7 Å². The van der Waals surface area contributed by atoms with E-state index in [9.17, 15) is 19.8 Å². The molecule has 1 saturated heterocycles. The zero-order valence-corrected chi connectivity index (χ0v) is 18.2. The summed E-state index contributed by atoms with van der Waals surface area (Å²) in [7, 11) is 0. The van der Waals surface area contributed by atoms with Crippen molar-refractivity contribution in [2.75, 3.05) is 19.7 Å². The van der Waals surface area contributed by atoms with Gasteiger partial charge in [-0.3, -0.25) is 4.90 Å². The monoisotopic (exact) mass is 429 g/mol. The Hall–Kier alpha value is -2.48. The van der Waals surface area contributed by atoms with Crippen molar-refractivity contribution in [3.05, 3.63) is 53.6 Å². The predicted octanol–water partition coefficient (Wildman–Crippen LogP) is 1.94. The molecule has 0 unspecified atom stereocenters. The molecule has 0 spiro atoms. The van der Waals surface area contributed by atoms with Crippen molar-refractivity contribution in [3.8, 4) is 0 Å². The first-order valence-electron chi connectivity index (χ1n) is 10.7. The summed E-state index contributed by atoms with van der Waals surface area (Å²) >= 11 is 0. The smallest absolute Gasteiger partial charge is 0.342 e. The first kappa shape index (κ1) is 23.2. The molecule has 0 radical (unpaired) electrons. The van der Waals surface area contributed by atoms with Gasteiger partial charge in [-0.1, -0.05) is 50.3 Å². The summed E-state index contributed by atoms with van der Waals surface area (Å²) < 4.78 is 10.8. The van der Waals surface area contributed by atoms with E-state index in [1.54, 1.807) is 19.9 Å². The van der Waals surface area contributed by atoms with Crippen molar-refractivity contribution in [1.29, 1.82) is 0 Å². The van der Waals surface area contributed by atoms with Crippen molar-refractivity contribution < 1.29 is 29.3 Å². The van der Waals surface area contributed by atoms with Crippen LogP contribution >= 0.6 is 0 Å². The zero-order chi connectivity index (χ0) is 22.6. The highest BCUT2D eigenvalue weighted by Crippen LogP contribution is 2.31. The SMILES string of the molecule is CC(C)[C@](O)(C(=O)OCC1=CCN2CC[C@@H](O)[C@@H]12)[C@H](C)OC(=O)/C=C/c1ccccc1. The second-order valence-corrected chi connectivity index (χ2v) is 8.45. The van der Waals surface area contributed by atoms with Crippen molar-refractivity contribution >= 4 is 18.0 Å². The van der Waals surface area contributed by atoms with E-state index in [1.807, 2.05) is 36.4 Å². The molecular formula is C24H31NO6. The van der Waals surface area contributed by atoms with Crippen LogP contribution in [0.25, 0.3) is 6.08 Å². The molecule has 1 fully saturated rings. The topological polar surface area (TPSA) is 96.3 Å². The third kappa shape index (κ3) is 5.06. The number of nitrogens with zero attached hydrogens (tertiary/aromatic N) is 1. The Morgan fingerprint density at radius 2 is 1.97 bits per heavy atom. The third-order valence-electron chi connectivity index (χ3n) is 6.14. The molecule has 168 valence electrons. The summed E-state index contributed by atoms with van der Waals surface area (Å²) in [6, 6.07) is 9.12. The average Bonchev–Trinajstić information content (AvgIpc) is 3.33. The van der Waals surface area contributed by atoms with Gasteiger partial charge in [0, 0.05) is 19.2 Å². The molecular weight excluding hydrogens is 398 g/mol. The Bertz CT molecular complexity index is 849. The summed E-state index contributed by atoms with van der Waals surface area (Å²) in [6.45, 7) is 6.32. The van der Waals surface area contributed by atoms with Crippen LogP contribution in [0.3, 0.4) is 0 Å². The van der Waals surface area contributed by atoms with Crippen molar-refractivity contribution in [2.45, 2.75) is 51.0 Å². The number of hydrogen-bond donors (Lipinski definition) is 2. The van der Waals surface area contributed by atoms with Crippen LogP contribution in [-0.2, 0) is 19.1 Å². The Labute approximate surface area is 183 Å². The predicted molar refractivity (Wildman–Crippen MR) is 116 cm³/mol. The third-order valence-corrected chi connectivity index (χ3v) is 6.14. The number of hydrogen-bond acceptors (Lipinski definition) is 7. The maximum Gasteiger partial charge on any atom is 0.342 e. The molecule has 0 amide bonds. The number of carbonyl (C=O) groups is 2. The molecule has 4 atom stereocenters. The molecule has 31 heavy (non-hydrogen) atoms. The van der Waals surface area contributed by atoms with Gasteiger partial charge in [-0.25, -0.2) is 9.59 Å². The highest BCUT2D eigenvalue weighted by molar-refractivity contribution is 5.88. The molecule has 0 aromatic heterocycles. The maximum atomic E-state index is 12.9. The number of rotatable bonds is 8. The van der Waals surface area contributed by atoms with Gasteiger partial charge in [0.15, 0.2) is 0 Å². The molecule has 2 N–H and O–H groups in total. The van der Waals surface area contributed by atoms with E-state index in [4.69, 9.17) is 9.47 Å². The minimum absolute atomic E-state index is 0.0132. The van der Waals surface area contributed by atoms with Crippen molar-refractivity contribution in [2.24, 2.45) is 5.92 Å². The summed E-state index contributed by atoms with van der Waals surface area (Å²) in [5, 5.41) is 21.3. The van der Waals surface area contributed by atoms with Gasteiger partial charge in [0.1, 0.15) is 12.7 Å². The van der Waals surface area contributed by atoms with E-state index in [0.29, 0.717) is 13.0 Å². The number of carbonyl (C=O) groups excluding carboxylic acids is 2. The summed E-state index contributed by atoms with van der Waals surface area (Å²) in [5.41, 5.74) is -0.331. The molecule has 7 heteroatoms. The second-order valence-electron chi connectivity index (χ2n) is 8.45. The minimum Gasteiger partial charge on any atom is -0.459 e. The van der Waals surface area contributed by atoms with Gasteiger partial charge in [0.25, 0.3) is 0 Å². The largest absolute Gasteiger partial charge is 0.459 e. The normalized spacial score (nSPS) is 24.0. The Balaban J connectivity index is 1.61. The van der Waals surface area contributed by atoms with Crippen LogP contribution in [0.4, 0.5) is 0 Å². The van der Waals surface area contributed by atoms with Crippen LogP contribution in [0.2, 0.25) is 0 Å². The lowest BCUT2D eigenvalue weighted by Crippen LogP contribution is -2.55. The fourth-order valence-corrected chi connectivity index (χ4v) is 4.19.